The van der Waals surface area contributed by atoms with Crippen LogP contribution in [0.15, 0.2) is 48.5 Å². The predicted molar refractivity (Wildman–Crippen MR) is 89.2 cm³/mol. The standard InChI is InChI=1S/C17H15N3O5/c21-16(13-4-2-6-15(10-13)20(23)24)18-14-5-1-3-12(9-14)11-19-7-8-25-17(19)22/h1-6,9-10H,7-8,11H2,(H,18,21). The molecule has 2 aromatic carbocycles. The van der Waals surface area contributed by atoms with Crippen LogP contribution in [0.1, 0.15) is 15.9 Å². The molecule has 2 aromatic rings. The van der Waals surface area contributed by atoms with Gasteiger partial charge in [0.15, 0.2) is 0 Å². The second-order valence-electron chi connectivity index (χ2n) is 5.50. The number of ether oxygens (including phenoxy) is 1. The third-order valence-corrected chi connectivity index (χ3v) is 3.72. The Bertz CT molecular complexity index is 837. The van der Waals surface area contributed by atoms with Crippen molar-refractivity contribution in [1.82, 2.24) is 4.90 Å². The van der Waals surface area contributed by atoms with E-state index in [9.17, 15) is 19.7 Å². The molecule has 25 heavy (non-hydrogen) atoms. The molecule has 0 aliphatic carbocycles. The third kappa shape index (κ3) is 3.92. The first-order chi connectivity index (χ1) is 12.0. The SMILES string of the molecule is O=C(Nc1cccc(CN2CCOC2=O)c1)c1cccc([N+](=O)[O-])c1. The second-order valence-corrected chi connectivity index (χ2v) is 5.50. The summed E-state index contributed by atoms with van der Waals surface area (Å²) < 4.78 is 4.88. The molecule has 3 rings (SSSR count). The monoisotopic (exact) mass is 341 g/mol. The van der Waals surface area contributed by atoms with Crippen molar-refractivity contribution >= 4 is 23.4 Å². The number of non-ortho nitro benzene ring substituents is 1. The topological polar surface area (TPSA) is 102 Å². The Kier molecular flexibility index (Phi) is 4.60. The van der Waals surface area contributed by atoms with Gasteiger partial charge in [-0.3, -0.25) is 14.9 Å². The van der Waals surface area contributed by atoms with Crippen LogP contribution in [0.2, 0.25) is 0 Å². The number of rotatable bonds is 5. The van der Waals surface area contributed by atoms with Crippen LogP contribution in [0.25, 0.3) is 0 Å². The van der Waals surface area contributed by atoms with Crippen LogP contribution in [-0.2, 0) is 11.3 Å². The summed E-state index contributed by atoms with van der Waals surface area (Å²) in [5, 5.41) is 13.5. The summed E-state index contributed by atoms with van der Waals surface area (Å²) in [4.78, 5) is 35.6. The van der Waals surface area contributed by atoms with Gasteiger partial charge >= 0.3 is 6.09 Å². The van der Waals surface area contributed by atoms with Crippen LogP contribution in [0.4, 0.5) is 16.2 Å². The number of carbonyl (C=O) groups excluding carboxylic acids is 2. The third-order valence-electron chi connectivity index (χ3n) is 3.72. The van der Waals surface area contributed by atoms with Crippen molar-refractivity contribution < 1.29 is 19.2 Å². The number of carbonyl (C=O) groups is 2. The van der Waals surface area contributed by atoms with E-state index in [2.05, 4.69) is 5.32 Å². The molecule has 1 fully saturated rings. The normalized spacial score (nSPS) is 13.4. The fourth-order valence-electron chi connectivity index (χ4n) is 2.50. The smallest absolute Gasteiger partial charge is 0.410 e. The maximum atomic E-state index is 12.3. The first kappa shape index (κ1) is 16.4. The van der Waals surface area contributed by atoms with Gasteiger partial charge < -0.3 is 15.0 Å². The molecule has 0 atom stereocenters. The Balaban J connectivity index is 1.71. The second kappa shape index (κ2) is 7.00. The molecule has 0 unspecified atom stereocenters. The number of nitro groups is 1. The molecule has 0 saturated carbocycles. The van der Waals surface area contributed by atoms with Gasteiger partial charge in [0, 0.05) is 29.9 Å². The van der Waals surface area contributed by atoms with Gasteiger partial charge in [-0.15, -0.1) is 0 Å². The number of hydrogen-bond donors (Lipinski definition) is 1. The van der Waals surface area contributed by atoms with E-state index in [0.29, 0.717) is 25.4 Å². The van der Waals surface area contributed by atoms with Gasteiger partial charge in [0.1, 0.15) is 6.61 Å². The molecule has 1 N–H and O–H groups in total. The molecule has 128 valence electrons. The van der Waals surface area contributed by atoms with E-state index in [1.807, 2.05) is 6.07 Å². The average molecular weight is 341 g/mol. The van der Waals surface area contributed by atoms with Crippen molar-refractivity contribution in [1.29, 1.82) is 0 Å². The van der Waals surface area contributed by atoms with E-state index in [4.69, 9.17) is 4.74 Å². The zero-order valence-electron chi connectivity index (χ0n) is 13.2. The highest BCUT2D eigenvalue weighted by Gasteiger charge is 2.21. The number of nitro benzene ring substituents is 1. The summed E-state index contributed by atoms with van der Waals surface area (Å²) in [5.74, 6) is -0.443. The molecule has 1 aliphatic heterocycles. The predicted octanol–water partition coefficient (Wildman–Crippen LogP) is 2.80. The summed E-state index contributed by atoms with van der Waals surface area (Å²) >= 11 is 0. The first-order valence-corrected chi connectivity index (χ1v) is 7.59. The van der Waals surface area contributed by atoms with E-state index < -0.39 is 10.8 Å². The van der Waals surface area contributed by atoms with Gasteiger partial charge in [-0.05, 0) is 23.8 Å². The fraction of sp³-hybridized carbons (Fsp3) is 0.176. The minimum Gasteiger partial charge on any atom is -0.448 e. The summed E-state index contributed by atoms with van der Waals surface area (Å²) in [6, 6.07) is 12.6. The van der Waals surface area contributed by atoms with Crippen molar-refractivity contribution in [3.63, 3.8) is 0 Å². The number of benzene rings is 2. The maximum Gasteiger partial charge on any atom is 0.410 e. The number of hydrogen-bond acceptors (Lipinski definition) is 5. The van der Waals surface area contributed by atoms with Crippen molar-refractivity contribution in [2.45, 2.75) is 6.54 Å². The van der Waals surface area contributed by atoms with E-state index in [-0.39, 0.29) is 17.3 Å². The molecule has 8 heteroatoms. The van der Waals surface area contributed by atoms with Crippen LogP contribution in [0.3, 0.4) is 0 Å². The van der Waals surface area contributed by atoms with Crippen LogP contribution < -0.4 is 5.32 Å². The maximum absolute atomic E-state index is 12.3. The van der Waals surface area contributed by atoms with Gasteiger partial charge in [0.2, 0.25) is 0 Å². The Labute approximate surface area is 143 Å². The van der Waals surface area contributed by atoms with Crippen molar-refractivity contribution in [3.8, 4) is 0 Å². The van der Waals surface area contributed by atoms with Crippen LogP contribution in [0, 0.1) is 10.1 Å². The van der Waals surface area contributed by atoms with Crippen molar-refractivity contribution in [3.05, 3.63) is 69.8 Å². The zero-order chi connectivity index (χ0) is 17.8. The summed E-state index contributed by atoms with van der Waals surface area (Å²) in [5.41, 5.74) is 1.44. The molecule has 1 aliphatic rings. The van der Waals surface area contributed by atoms with Crippen LogP contribution >= 0.6 is 0 Å². The highest BCUT2D eigenvalue weighted by atomic mass is 16.6. The van der Waals surface area contributed by atoms with E-state index >= 15 is 0 Å². The lowest BCUT2D eigenvalue weighted by Gasteiger charge is -2.13. The lowest BCUT2D eigenvalue weighted by Crippen LogP contribution is -2.23. The Morgan fingerprint density at radius 3 is 2.76 bits per heavy atom. The van der Waals surface area contributed by atoms with Crippen molar-refractivity contribution in [2.24, 2.45) is 0 Å². The Morgan fingerprint density at radius 1 is 1.24 bits per heavy atom. The lowest BCUT2D eigenvalue weighted by molar-refractivity contribution is -0.384. The van der Waals surface area contributed by atoms with Crippen LogP contribution in [-0.4, -0.2) is 35.0 Å². The number of nitrogens with zero attached hydrogens (tertiary/aromatic N) is 2. The minimum absolute atomic E-state index is 0.144. The minimum atomic E-state index is -0.549. The Morgan fingerprint density at radius 2 is 2.04 bits per heavy atom. The fourth-order valence-corrected chi connectivity index (χ4v) is 2.50. The van der Waals surface area contributed by atoms with E-state index in [1.54, 1.807) is 23.1 Å². The molecule has 1 heterocycles. The molecular formula is C17H15N3O5. The van der Waals surface area contributed by atoms with E-state index in [1.165, 1.54) is 24.3 Å². The molecule has 0 radical (unpaired) electrons. The molecular weight excluding hydrogens is 326 g/mol. The number of amides is 2. The number of anilines is 1. The summed E-state index contributed by atoms with van der Waals surface area (Å²) in [6.45, 7) is 1.30. The highest BCUT2D eigenvalue weighted by Crippen LogP contribution is 2.18. The molecule has 8 nitrogen and oxygen atoms in total. The molecule has 0 aromatic heterocycles. The largest absolute Gasteiger partial charge is 0.448 e. The van der Waals surface area contributed by atoms with Gasteiger partial charge in [-0.1, -0.05) is 18.2 Å². The quantitative estimate of drug-likeness (QED) is 0.665. The van der Waals surface area contributed by atoms with Gasteiger partial charge in [-0.2, -0.15) is 0 Å². The van der Waals surface area contributed by atoms with E-state index in [0.717, 1.165) is 5.56 Å². The average Bonchev–Trinajstić information content (AvgIpc) is 3.00. The van der Waals surface area contributed by atoms with Gasteiger partial charge in [0.05, 0.1) is 11.5 Å². The van der Waals surface area contributed by atoms with Gasteiger partial charge in [0.25, 0.3) is 11.6 Å². The summed E-state index contributed by atoms with van der Waals surface area (Å²) in [7, 11) is 0. The zero-order valence-corrected chi connectivity index (χ0v) is 13.2. The molecule has 2 amide bonds. The first-order valence-electron chi connectivity index (χ1n) is 7.59. The van der Waals surface area contributed by atoms with Crippen molar-refractivity contribution in [2.75, 3.05) is 18.5 Å². The van der Waals surface area contributed by atoms with Gasteiger partial charge in [-0.25, -0.2) is 4.79 Å². The summed E-state index contributed by atoms with van der Waals surface area (Å²) in [6.07, 6.45) is -0.356. The van der Waals surface area contributed by atoms with Crippen LogP contribution in [0.5, 0.6) is 0 Å². The molecule has 1 saturated heterocycles. The number of nitrogens with one attached hydrogen (secondary N) is 1. The number of cyclic esters (lactones) is 1. The molecule has 0 bridgehead atoms. The Hall–Kier alpha value is -3.42. The lowest BCUT2D eigenvalue weighted by atomic mass is 10.1. The molecule has 0 spiro atoms. The highest BCUT2D eigenvalue weighted by molar-refractivity contribution is 6.04.